The van der Waals surface area contributed by atoms with Crippen molar-refractivity contribution in [1.82, 2.24) is 9.62 Å². The molecule has 0 unspecified atom stereocenters. The summed E-state index contributed by atoms with van der Waals surface area (Å²) in [6.07, 6.45) is -11.2. The molecule has 0 saturated carbocycles. The summed E-state index contributed by atoms with van der Waals surface area (Å²) in [4.78, 5) is 27.6. The number of nitrogens with one attached hydrogen (secondary N) is 2. The molecule has 3 aliphatic heterocycles. The SMILES string of the molecule is CC[C@H]1OC(=O)[C@H](C)[C@@H](O[C@H]2C[C@@](C)(OC)[C@@H](O)[C@H](C)O2)[C@H](C)[C@@H](O[C@@H]2O[C@H](C)C[C@H](NS(=O)(=O)c3ccc(NC(C)=O)cc3)[C@H]2O)[C@](C)(O)C[C@@H](C)CN(C)[C@H](C)[C@@H](O)[C@]1(C)O. The normalized spacial score (nSPS) is 43.0. The summed E-state index contributed by atoms with van der Waals surface area (Å²) in [6.45, 7) is 18.4. The number of anilines is 1. The first-order valence-electron chi connectivity index (χ1n) is 22.0. The van der Waals surface area contributed by atoms with Crippen LogP contribution in [0.5, 0.6) is 0 Å². The van der Waals surface area contributed by atoms with Gasteiger partial charge in [0, 0.05) is 44.6 Å². The van der Waals surface area contributed by atoms with Gasteiger partial charge in [-0.2, -0.15) is 0 Å². The van der Waals surface area contributed by atoms with E-state index in [1.807, 2.05) is 11.8 Å². The third-order valence-electron chi connectivity index (χ3n) is 13.4. The van der Waals surface area contributed by atoms with Crippen LogP contribution in [-0.2, 0) is 48.0 Å². The Balaban J connectivity index is 1.78. The van der Waals surface area contributed by atoms with Gasteiger partial charge in [0.1, 0.15) is 30.0 Å². The summed E-state index contributed by atoms with van der Waals surface area (Å²) in [5, 5.41) is 61.5. The Morgan fingerprint density at radius 1 is 0.952 bits per heavy atom. The molecular weight excluding hydrogens is 843 g/mol. The molecule has 0 aromatic heterocycles. The highest BCUT2D eigenvalue weighted by Crippen LogP contribution is 2.40. The van der Waals surface area contributed by atoms with Crippen molar-refractivity contribution in [3.8, 4) is 0 Å². The van der Waals surface area contributed by atoms with Gasteiger partial charge >= 0.3 is 5.97 Å². The molecule has 362 valence electrons. The molecule has 18 atom stereocenters. The second-order valence-corrected chi connectivity index (χ2v) is 20.8. The number of methoxy groups -OCH3 is 1. The molecule has 0 bridgehead atoms. The highest BCUT2D eigenvalue weighted by Gasteiger charge is 2.53. The maximum Gasteiger partial charge on any atom is 0.311 e. The number of aliphatic hydroxyl groups is 5. The van der Waals surface area contributed by atoms with Gasteiger partial charge in [0.2, 0.25) is 15.9 Å². The Kier molecular flexibility index (Phi) is 17.8. The van der Waals surface area contributed by atoms with Crippen LogP contribution in [0.3, 0.4) is 0 Å². The minimum Gasteiger partial charge on any atom is -0.459 e. The highest BCUT2D eigenvalue weighted by molar-refractivity contribution is 7.89. The van der Waals surface area contributed by atoms with Crippen molar-refractivity contribution in [1.29, 1.82) is 0 Å². The van der Waals surface area contributed by atoms with E-state index in [2.05, 4.69) is 10.0 Å². The lowest BCUT2D eigenvalue weighted by Crippen LogP contribution is -2.61. The number of sulfonamides is 1. The quantitative estimate of drug-likeness (QED) is 0.166. The minimum atomic E-state index is -4.22. The smallest absolute Gasteiger partial charge is 0.311 e. The largest absolute Gasteiger partial charge is 0.459 e. The van der Waals surface area contributed by atoms with E-state index in [0.29, 0.717) is 12.2 Å². The molecule has 1 amide bonds. The molecule has 19 heteroatoms. The third kappa shape index (κ3) is 12.5. The van der Waals surface area contributed by atoms with Crippen LogP contribution in [0.15, 0.2) is 29.2 Å². The summed E-state index contributed by atoms with van der Waals surface area (Å²) >= 11 is 0. The van der Waals surface area contributed by atoms with E-state index < -0.39 is 118 Å². The van der Waals surface area contributed by atoms with Crippen molar-refractivity contribution in [2.45, 2.75) is 197 Å². The number of carbonyl (C=O) groups is 2. The van der Waals surface area contributed by atoms with Gasteiger partial charge in [0.05, 0.1) is 52.5 Å². The Hall–Kier alpha value is -2.37. The van der Waals surface area contributed by atoms with Crippen LogP contribution in [-0.4, -0.2) is 162 Å². The van der Waals surface area contributed by atoms with Gasteiger partial charge in [-0.15, -0.1) is 0 Å². The zero-order chi connectivity index (χ0) is 47.6. The predicted molar refractivity (Wildman–Crippen MR) is 232 cm³/mol. The fourth-order valence-corrected chi connectivity index (χ4v) is 10.8. The Morgan fingerprint density at radius 3 is 2.14 bits per heavy atom. The van der Waals surface area contributed by atoms with E-state index in [0.717, 1.165) is 0 Å². The van der Waals surface area contributed by atoms with Gasteiger partial charge in [-0.05, 0) is 105 Å². The average Bonchev–Trinajstić information content (AvgIpc) is 3.19. The second kappa shape index (κ2) is 21.1. The number of rotatable bonds is 10. The first-order valence-corrected chi connectivity index (χ1v) is 23.5. The van der Waals surface area contributed by atoms with Crippen LogP contribution in [0.1, 0.15) is 102 Å². The second-order valence-electron chi connectivity index (χ2n) is 19.1. The minimum absolute atomic E-state index is 0.0431. The van der Waals surface area contributed by atoms with Crippen LogP contribution >= 0.6 is 0 Å². The summed E-state index contributed by atoms with van der Waals surface area (Å²) in [7, 11) is -0.974. The molecule has 0 aliphatic carbocycles. The van der Waals surface area contributed by atoms with Crippen molar-refractivity contribution in [2.24, 2.45) is 17.8 Å². The number of esters is 1. The van der Waals surface area contributed by atoms with Gasteiger partial charge in [0.15, 0.2) is 12.6 Å². The lowest BCUT2D eigenvalue weighted by atomic mass is 9.77. The zero-order valence-electron chi connectivity index (χ0n) is 39.2. The van der Waals surface area contributed by atoms with Crippen LogP contribution in [0.25, 0.3) is 0 Å². The number of nitrogens with zero attached hydrogens (tertiary/aromatic N) is 1. The number of carbonyl (C=O) groups excluding carboxylic acids is 2. The molecule has 0 spiro atoms. The average molecular weight is 918 g/mol. The molecular formula is C44H75N3O15S. The predicted octanol–water partition coefficient (Wildman–Crippen LogP) is 2.28. The van der Waals surface area contributed by atoms with E-state index in [4.69, 9.17) is 28.4 Å². The molecule has 3 fully saturated rings. The van der Waals surface area contributed by atoms with Gasteiger partial charge in [-0.3, -0.25) is 9.59 Å². The Morgan fingerprint density at radius 2 is 1.57 bits per heavy atom. The standard InChI is InChI=1S/C44H75N3O15S/c1-14-33-44(11,54)37(50)27(6)47(12)22-23(2)20-42(9,53)39(25(4)36(26(5)40(52)60-33)61-34-21-43(10,57-13)38(51)28(7)59-34)62-41-35(49)32(19-24(3)58-41)46-63(55,56)31-17-15-30(16-18-31)45-29(8)48/h15-18,23-28,32-39,41,46,49-51,53-54H,14,19-22H2,1-13H3,(H,45,48)/t23-,24-,25+,26-,27-,28+,32+,33-,34+,35-,36+,37-,38+,39-,41+,42-,43-,44-/m1/s1. The number of likely N-dealkylation sites (N-methyl/N-ethyl adjacent to an activating group) is 1. The van der Waals surface area contributed by atoms with Crippen molar-refractivity contribution in [2.75, 3.05) is 26.0 Å². The molecule has 18 nitrogen and oxygen atoms in total. The molecule has 63 heavy (non-hydrogen) atoms. The molecule has 1 aromatic carbocycles. The fourth-order valence-electron chi connectivity index (χ4n) is 9.55. The van der Waals surface area contributed by atoms with E-state index in [-0.39, 0.29) is 42.4 Å². The van der Waals surface area contributed by atoms with E-state index in [1.165, 1.54) is 45.2 Å². The Labute approximate surface area is 373 Å². The van der Waals surface area contributed by atoms with Crippen molar-refractivity contribution >= 4 is 27.6 Å². The van der Waals surface area contributed by atoms with Crippen molar-refractivity contribution in [3.63, 3.8) is 0 Å². The number of hydrogen-bond donors (Lipinski definition) is 7. The maximum atomic E-state index is 14.4. The highest BCUT2D eigenvalue weighted by atomic mass is 32.2. The number of hydrogen-bond acceptors (Lipinski definition) is 16. The molecule has 3 aliphatic rings. The number of benzene rings is 1. The fraction of sp³-hybridized carbons (Fsp3) is 0.818. The van der Waals surface area contributed by atoms with Crippen LogP contribution in [0, 0.1) is 17.8 Å². The molecule has 3 heterocycles. The van der Waals surface area contributed by atoms with E-state index >= 15 is 0 Å². The summed E-state index contributed by atoms with van der Waals surface area (Å²) in [6, 6.07) is 3.81. The molecule has 0 radical (unpaired) electrons. The van der Waals surface area contributed by atoms with Gasteiger partial charge in [0.25, 0.3) is 0 Å². The van der Waals surface area contributed by atoms with Crippen LogP contribution in [0.4, 0.5) is 5.69 Å². The number of aliphatic hydroxyl groups excluding tert-OH is 3. The lowest BCUT2D eigenvalue weighted by Gasteiger charge is -2.48. The van der Waals surface area contributed by atoms with Crippen molar-refractivity contribution in [3.05, 3.63) is 24.3 Å². The zero-order valence-corrected chi connectivity index (χ0v) is 40.0. The first-order chi connectivity index (χ1) is 29.1. The first kappa shape index (κ1) is 53.2. The Bertz CT molecular complexity index is 1790. The number of cyclic esters (lactones) is 1. The third-order valence-corrected chi connectivity index (χ3v) is 14.9. The van der Waals surface area contributed by atoms with E-state index in [9.17, 15) is 43.5 Å². The molecule has 4 rings (SSSR count). The monoisotopic (exact) mass is 917 g/mol. The molecule has 1 aromatic rings. The summed E-state index contributed by atoms with van der Waals surface area (Å²) in [5.41, 5.74) is -4.34. The van der Waals surface area contributed by atoms with Gasteiger partial charge < -0.3 is 64.2 Å². The van der Waals surface area contributed by atoms with Gasteiger partial charge in [-0.25, -0.2) is 13.1 Å². The number of ether oxygens (including phenoxy) is 6. The van der Waals surface area contributed by atoms with Crippen LogP contribution < -0.4 is 10.0 Å². The summed E-state index contributed by atoms with van der Waals surface area (Å²) < 4.78 is 67.4. The molecule has 3 saturated heterocycles. The topological polar surface area (TPSA) is 252 Å². The summed E-state index contributed by atoms with van der Waals surface area (Å²) in [5.74, 6) is -3.46. The van der Waals surface area contributed by atoms with E-state index in [1.54, 1.807) is 62.4 Å². The molecule has 7 N–H and O–H groups in total. The maximum absolute atomic E-state index is 14.4. The van der Waals surface area contributed by atoms with Crippen molar-refractivity contribution < 1.29 is 72.0 Å². The van der Waals surface area contributed by atoms with Gasteiger partial charge in [-0.1, -0.05) is 20.8 Å². The van der Waals surface area contributed by atoms with Crippen LogP contribution in [0.2, 0.25) is 0 Å². The lowest BCUT2D eigenvalue weighted by molar-refractivity contribution is -0.315. The number of amides is 1.